The Morgan fingerprint density at radius 2 is 2.00 bits per heavy atom. The second-order valence-electron chi connectivity index (χ2n) is 5.54. The van der Waals surface area contributed by atoms with Gasteiger partial charge < -0.3 is 14.6 Å². The first-order valence-corrected chi connectivity index (χ1v) is 7.37. The first-order valence-electron chi connectivity index (χ1n) is 7.37. The molecule has 0 fully saturated rings. The molecule has 126 valence electrons. The van der Waals surface area contributed by atoms with E-state index < -0.39 is 12.8 Å². The van der Waals surface area contributed by atoms with Crippen molar-refractivity contribution in [3.8, 4) is 5.75 Å². The number of hydrogen-bond donors (Lipinski definition) is 1. The molecule has 1 aromatic carbocycles. The molecular weight excluding hydrogens is 307 g/mol. The molecule has 23 heavy (non-hydrogen) atoms. The molecule has 0 saturated carbocycles. The summed E-state index contributed by atoms with van der Waals surface area (Å²) in [7, 11) is 0. The molecule has 0 bridgehead atoms. The van der Waals surface area contributed by atoms with Crippen LogP contribution in [0.1, 0.15) is 12.5 Å². The largest absolute Gasteiger partial charge is 0.484 e. The molecule has 2 rings (SSSR count). The average Bonchev–Trinajstić information content (AvgIpc) is 2.98. The third-order valence-electron chi connectivity index (χ3n) is 3.23. The Morgan fingerprint density at radius 3 is 2.61 bits per heavy atom. The number of halogens is 3. The zero-order chi connectivity index (χ0) is 16.7. The third-order valence-corrected chi connectivity index (χ3v) is 3.23. The Balaban J connectivity index is 1.69. The summed E-state index contributed by atoms with van der Waals surface area (Å²) in [6, 6.07) is 6.63. The number of alkyl halides is 3. The zero-order valence-corrected chi connectivity index (χ0v) is 12.9. The van der Waals surface area contributed by atoms with Crippen LogP contribution in [0.5, 0.6) is 5.75 Å². The van der Waals surface area contributed by atoms with E-state index in [0.717, 1.165) is 18.7 Å². The van der Waals surface area contributed by atoms with Crippen molar-refractivity contribution in [1.29, 1.82) is 0 Å². The van der Waals surface area contributed by atoms with Crippen LogP contribution in [-0.4, -0.2) is 28.9 Å². The summed E-state index contributed by atoms with van der Waals surface area (Å²) in [5.74, 6) is 0.665. The lowest BCUT2D eigenvalue weighted by Gasteiger charge is -2.13. The van der Waals surface area contributed by atoms with E-state index in [-0.39, 0.29) is 5.75 Å². The number of imidazole rings is 1. The Morgan fingerprint density at radius 1 is 1.26 bits per heavy atom. The lowest BCUT2D eigenvalue weighted by molar-refractivity contribution is -0.153. The highest BCUT2D eigenvalue weighted by molar-refractivity contribution is 5.27. The van der Waals surface area contributed by atoms with Gasteiger partial charge in [0.25, 0.3) is 0 Å². The van der Waals surface area contributed by atoms with E-state index in [1.807, 2.05) is 10.8 Å². The first kappa shape index (κ1) is 17.3. The topological polar surface area (TPSA) is 39.1 Å². The maximum Gasteiger partial charge on any atom is 0.422 e. The van der Waals surface area contributed by atoms with Gasteiger partial charge in [0.15, 0.2) is 6.61 Å². The van der Waals surface area contributed by atoms with Crippen LogP contribution in [0, 0.1) is 5.92 Å². The molecule has 0 radical (unpaired) electrons. The van der Waals surface area contributed by atoms with E-state index in [0.29, 0.717) is 12.5 Å². The van der Waals surface area contributed by atoms with Gasteiger partial charge in [-0.1, -0.05) is 19.1 Å². The zero-order valence-electron chi connectivity index (χ0n) is 12.9. The molecule has 1 unspecified atom stereocenters. The second kappa shape index (κ2) is 8.01. The number of nitrogens with zero attached hydrogens (tertiary/aromatic N) is 2. The summed E-state index contributed by atoms with van der Waals surface area (Å²) in [5, 5.41) is 3.34. The van der Waals surface area contributed by atoms with Crippen molar-refractivity contribution in [2.24, 2.45) is 5.92 Å². The van der Waals surface area contributed by atoms with Gasteiger partial charge in [-0.15, -0.1) is 0 Å². The summed E-state index contributed by atoms with van der Waals surface area (Å²) < 4.78 is 42.9. The number of aromatic nitrogens is 2. The predicted molar refractivity (Wildman–Crippen MR) is 81.1 cm³/mol. The van der Waals surface area contributed by atoms with Crippen molar-refractivity contribution >= 4 is 0 Å². The van der Waals surface area contributed by atoms with Gasteiger partial charge in [0, 0.05) is 25.5 Å². The fraction of sp³-hybridized carbons (Fsp3) is 0.438. The van der Waals surface area contributed by atoms with Crippen molar-refractivity contribution < 1.29 is 17.9 Å². The summed E-state index contributed by atoms with van der Waals surface area (Å²) in [5.41, 5.74) is 0.999. The Labute approximate surface area is 133 Å². The first-order chi connectivity index (χ1) is 10.9. The van der Waals surface area contributed by atoms with Gasteiger partial charge in [-0.05, 0) is 30.2 Å². The maximum atomic E-state index is 12.1. The van der Waals surface area contributed by atoms with Crippen LogP contribution in [0.4, 0.5) is 13.2 Å². The molecule has 1 N–H and O–H groups in total. The molecule has 1 atom stereocenters. The predicted octanol–water partition coefficient (Wildman–Crippen LogP) is 3.25. The molecule has 0 aliphatic carbocycles. The molecule has 7 heteroatoms. The van der Waals surface area contributed by atoms with Crippen LogP contribution in [-0.2, 0) is 13.1 Å². The Bertz CT molecular complexity index is 567. The van der Waals surface area contributed by atoms with Crippen LogP contribution in [0.25, 0.3) is 0 Å². The number of nitrogens with one attached hydrogen (secondary N) is 1. The number of hydrogen-bond acceptors (Lipinski definition) is 3. The Kier molecular flexibility index (Phi) is 6.04. The van der Waals surface area contributed by atoms with Gasteiger partial charge in [-0.3, -0.25) is 0 Å². The summed E-state index contributed by atoms with van der Waals surface area (Å²) in [4.78, 5) is 4.00. The van der Waals surface area contributed by atoms with Crippen LogP contribution in [0.2, 0.25) is 0 Å². The minimum Gasteiger partial charge on any atom is -0.484 e. The van der Waals surface area contributed by atoms with Crippen LogP contribution in [0.3, 0.4) is 0 Å². The van der Waals surface area contributed by atoms with E-state index in [9.17, 15) is 13.2 Å². The number of benzene rings is 1. The molecule has 4 nitrogen and oxygen atoms in total. The van der Waals surface area contributed by atoms with Gasteiger partial charge in [0.05, 0.1) is 6.33 Å². The molecular formula is C16H20F3N3O. The van der Waals surface area contributed by atoms with Crippen molar-refractivity contribution in [1.82, 2.24) is 14.9 Å². The van der Waals surface area contributed by atoms with E-state index >= 15 is 0 Å². The lowest BCUT2D eigenvalue weighted by atomic mass is 10.1. The molecule has 0 saturated heterocycles. The molecule has 0 aliphatic heterocycles. The molecule has 0 spiro atoms. The fourth-order valence-corrected chi connectivity index (χ4v) is 2.15. The number of rotatable bonds is 8. The van der Waals surface area contributed by atoms with Crippen molar-refractivity contribution in [3.63, 3.8) is 0 Å². The minimum absolute atomic E-state index is 0.222. The van der Waals surface area contributed by atoms with Crippen molar-refractivity contribution in [3.05, 3.63) is 48.5 Å². The molecule has 2 aromatic rings. The fourth-order valence-electron chi connectivity index (χ4n) is 2.15. The highest BCUT2D eigenvalue weighted by atomic mass is 19.4. The van der Waals surface area contributed by atoms with Crippen molar-refractivity contribution in [2.75, 3.05) is 13.2 Å². The van der Waals surface area contributed by atoms with Crippen molar-refractivity contribution in [2.45, 2.75) is 26.2 Å². The molecule has 0 amide bonds. The standard InChI is InChI=1S/C16H20F3N3O/c1-13(10-22-7-6-20-12-22)8-21-9-14-2-4-15(5-3-14)23-11-16(17,18)19/h2-7,12-13,21H,8-11H2,1H3. The molecule has 0 aliphatic rings. The third kappa shape index (κ3) is 6.73. The average molecular weight is 327 g/mol. The highest BCUT2D eigenvalue weighted by Gasteiger charge is 2.28. The summed E-state index contributed by atoms with van der Waals surface area (Å²) in [6.07, 6.45) is 1.15. The van der Waals surface area contributed by atoms with Crippen LogP contribution >= 0.6 is 0 Å². The maximum absolute atomic E-state index is 12.1. The number of ether oxygens (including phenoxy) is 1. The monoisotopic (exact) mass is 327 g/mol. The second-order valence-corrected chi connectivity index (χ2v) is 5.54. The molecule has 1 aromatic heterocycles. The van der Waals surface area contributed by atoms with E-state index in [4.69, 9.17) is 0 Å². The van der Waals surface area contributed by atoms with Gasteiger partial charge in [0.1, 0.15) is 5.75 Å². The normalized spacial score (nSPS) is 13.0. The summed E-state index contributed by atoms with van der Waals surface area (Å²) >= 11 is 0. The van der Waals surface area contributed by atoms with Gasteiger partial charge in [-0.2, -0.15) is 13.2 Å². The summed E-state index contributed by atoms with van der Waals surface area (Å²) in [6.45, 7) is 3.26. The van der Waals surface area contributed by atoms with E-state index in [2.05, 4.69) is 22.0 Å². The highest BCUT2D eigenvalue weighted by Crippen LogP contribution is 2.18. The molecule has 1 heterocycles. The smallest absolute Gasteiger partial charge is 0.422 e. The Hall–Kier alpha value is -2.02. The van der Waals surface area contributed by atoms with Gasteiger partial charge in [0.2, 0.25) is 0 Å². The van der Waals surface area contributed by atoms with Gasteiger partial charge in [-0.25, -0.2) is 4.98 Å². The minimum atomic E-state index is -4.31. The van der Waals surface area contributed by atoms with E-state index in [1.54, 1.807) is 36.8 Å². The van der Waals surface area contributed by atoms with Crippen LogP contribution < -0.4 is 10.1 Å². The van der Waals surface area contributed by atoms with E-state index in [1.165, 1.54) is 0 Å². The lowest BCUT2D eigenvalue weighted by Crippen LogP contribution is -2.23. The SMILES string of the molecule is CC(CNCc1ccc(OCC(F)(F)F)cc1)Cn1ccnc1. The van der Waals surface area contributed by atoms with Gasteiger partial charge >= 0.3 is 6.18 Å². The van der Waals surface area contributed by atoms with Crippen LogP contribution in [0.15, 0.2) is 43.0 Å². The quantitative estimate of drug-likeness (QED) is 0.809.